The highest BCUT2D eigenvalue weighted by Gasteiger charge is 2.14. The average Bonchev–Trinajstić information content (AvgIpc) is 3.24. The molecule has 1 amide bonds. The average molecular weight is 362 g/mol. The number of aromatic amines is 1. The van der Waals surface area contributed by atoms with Gasteiger partial charge < -0.3 is 10.1 Å². The molecule has 2 heterocycles. The number of aromatic hydroxyl groups is 1. The second-order valence-electron chi connectivity index (χ2n) is 5.78. The molecule has 0 aliphatic carbocycles. The highest BCUT2D eigenvalue weighted by molar-refractivity contribution is 7.13. The van der Waals surface area contributed by atoms with E-state index in [2.05, 4.69) is 20.2 Å². The minimum Gasteiger partial charge on any atom is -0.493 e. The molecule has 4 rings (SSSR count). The van der Waals surface area contributed by atoms with Crippen molar-refractivity contribution in [3.05, 3.63) is 65.2 Å². The number of benzene rings is 2. The third kappa shape index (κ3) is 3.00. The summed E-state index contributed by atoms with van der Waals surface area (Å²) in [6, 6.07) is 15.2. The molecule has 2 N–H and O–H groups in total. The van der Waals surface area contributed by atoms with Gasteiger partial charge in [0.1, 0.15) is 10.7 Å². The summed E-state index contributed by atoms with van der Waals surface area (Å²) in [6.07, 6.45) is 0. The third-order valence-corrected chi connectivity index (χ3v) is 4.78. The molecule has 4 aromatic rings. The van der Waals surface area contributed by atoms with E-state index in [9.17, 15) is 9.90 Å². The van der Waals surface area contributed by atoms with Crippen LogP contribution in [0.4, 0.5) is 5.69 Å². The van der Waals surface area contributed by atoms with Crippen LogP contribution in [0, 0.1) is 6.92 Å². The van der Waals surface area contributed by atoms with Gasteiger partial charge in [0.15, 0.2) is 5.69 Å². The van der Waals surface area contributed by atoms with Gasteiger partial charge in [0.2, 0.25) is 5.88 Å². The lowest BCUT2D eigenvalue weighted by molar-refractivity contribution is 0.0991. The summed E-state index contributed by atoms with van der Waals surface area (Å²) in [7, 11) is 0. The molecule has 7 heteroatoms. The zero-order valence-electron chi connectivity index (χ0n) is 13.8. The van der Waals surface area contributed by atoms with E-state index in [1.54, 1.807) is 11.4 Å². The maximum Gasteiger partial charge on any atom is 0.314 e. The second-order valence-corrected chi connectivity index (χ2v) is 6.64. The van der Waals surface area contributed by atoms with Crippen molar-refractivity contribution >= 4 is 33.8 Å². The summed E-state index contributed by atoms with van der Waals surface area (Å²) in [5.74, 6) is -0.675. The van der Waals surface area contributed by atoms with Gasteiger partial charge in [-0.05, 0) is 19.1 Å². The first kappa shape index (κ1) is 16.2. The smallest absolute Gasteiger partial charge is 0.314 e. The van der Waals surface area contributed by atoms with Gasteiger partial charge in [-0.3, -0.25) is 4.79 Å². The summed E-state index contributed by atoms with van der Waals surface area (Å²) in [5, 5.41) is 20.7. The lowest BCUT2D eigenvalue weighted by atomic mass is 10.1. The van der Waals surface area contributed by atoms with E-state index in [-0.39, 0.29) is 17.3 Å². The molecule has 0 fully saturated rings. The molecule has 0 spiro atoms. The zero-order valence-corrected chi connectivity index (χ0v) is 14.6. The number of azo groups is 1. The molecular weight excluding hydrogens is 348 g/mol. The van der Waals surface area contributed by atoms with Crippen LogP contribution in [-0.4, -0.2) is 21.0 Å². The number of nitrogens with one attached hydrogen (secondary N) is 1. The number of carbonyl (C=O) groups is 1. The molecule has 0 saturated heterocycles. The van der Waals surface area contributed by atoms with Crippen molar-refractivity contribution in [1.29, 1.82) is 0 Å². The maximum atomic E-state index is 12.3. The number of hydrogen-bond acceptors (Lipinski definition) is 5. The second kappa shape index (κ2) is 6.53. The van der Waals surface area contributed by atoms with Gasteiger partial charge in [-0.1, -0.05) is 42.0 Å². The predicted octanol–water partition coefficient (Wildman–Crippen LogP) is 5.23. The van der Waals surface area contributed by atoms with Gasteiger partial charge in [-0.15, -0.1) is 21.6 Å². The van der Waals surface area contributed by atoms with E-state index < -0.39 is 5.91 Å². The number of fused-ring (bicyclic) bond motifs is 1. The quantitative estimate of drug-likeness (QED) is 0.489. The van der Waals surface area contributed by atoms with Gasteiger partial charge in [-0.2, -0.15) is 0 Å². The lowest BCUT2D eigenvalue weighted by Gasteiger charge is -1.97. The first-order valence-electron chi connectivity index (χ1n) is 7.90. The topological polar surface area (TPSA) is 90.7 Å². The van der Waals surface area contributed by atoms with E-state index in [0.29, 0.717) is 5.39 Å². The van der Waals surface area contributed by atoms with E-state index in [4.69, 9.17) is 0 Å². The van der Waals surface area contributed by atoms with Crippen LogP contribution in [0.3, 0.4) is 0 Å². The Labute approximate surface area is 152 Å². The van der Waals surface area contributed by atoms with Crippen molar-refractivity contribution in [1.82, 2.24) is 9.97 Å². The van der Waals surface area contributed by atoms with Crippen molar-refractivity contribution in [3.8, 4) is 16.5 Å². The number of carbonyl (C=O) groups excluding carboxylic acids is 1. The number of aromatic nitrogens is 2. The lowest BCUT2D eigenvalue weighted by Crippen LogP contribution is -1.93. The highest BCUT2D eigenvalue weighted by Crippen LogP contribution is 2.35. The number of hydrogen-bond donors (Lipinski definition) is 2. The van der Waals surface area contributed by atoms with Gasteiger partial charge in [0.25, 0.3) is 0 Å². The van der Waals surface area contributed by atoms with Gasteiger partial charge in [-0.25, -0.2) is 4.98 Å². The normalized spacial score (nSPS) is 11.4. The molecule has 0 aliphatic heterocycles. The number of H-pyrrole nitrogens is 1. The standard InChI is InChI=1S/C19H14N4O2S/c1-11-5-4-6-12(9-11)19-21-15(10-26-19)17(24)23-22-16-13-7-2-3-8-14(13)20-18(16)25/h2-10,20,25H,1H3. The molecule has 128 valence electrons. The number of nitrogens with zero attached hydrogens (tertiary/aromatic N) is 3. The van der Waals surface area contributed by atoms with Crippen LogP contribution in [-0.2, 0) is 0 Å². The fraction of sp³-hybridized carbons (Fsp3) is 0.0526. The first-order chi connectivity index (χ1) is 12.6. The fourth-order valence-corrected chi connectivity index (χ4v) is 3.43. The largest absolute Gasteiger partial charge is 0.493 e. The Morgan fingerprint density at radius 3 is 2.88 bits per heavy atom. The van der Waals surface area contributed by atoms with Crippen molar-refractivity contribution in [3.63, 3.8) is 0 Å². The van der Waals surface area contributed by atoms with E-state index in [1.165, 1.54) is 11.3 Å². The Bertz CT molecular complexity index is 1140. The van der Waals surface area contributed by atoms with Gasteiger partial charge in [0, 0.05) is 16.3 Å². The zero-order chi connectivity index (χ0) is 18.1. The van der Waals surface area contributed by atoms with Crippen LogP contribution >= 0.6 is 11.3 Å². The number of thiazole rings is 1. The molecule has 2 aromatic heterocycles. The Kier molecular flexibility index (Phi) is 4.06. The SMILES string of the molecule is Cc1cccc(-c2nc(C(=O)N=Nc3c(O)[nH]c4ccccc34)cs2)c1. The molecule has 0 saturated carbocycles. The Hall–Kier alpha value is -3.32. The minimum atomic E-state index is -0.551. The number of rotatable bonds is 3. The summed E-state index contributed by atoms with van der Waals surface area (Å²) in [4.78, 5) is 19.4. The monoisotopic (exact) mass is 362 g/mol. The van der Waals surface area contributed by atoms with E-state index in [0.717, 1.165) is 21.7 Å². The maximum absolute atomic E-state index is 12.3. The van der Waals surface area contributed by atoms with Crippen molar-refractivity contribution in [2.75, 3.05) is 0 Å². The molecule has 0 unspecified atom stereocenters. The Balaban J connectivity index is 1.60. The molecule has 0 atom stereocenters. The number of para-hydroxylation sites is 1. The third-order valence-electron chi connectivity index (χ3n) is 3.89. The molecule has 0 radical (unpaired) electrons. The molecule has 0 aliphatic rings. The molecular formula is C19H14N4O2S. The first-order valence-corrected chi connectivity index (χ1v) is 8.78. The van der Waals surface area contributed by atoms with Crippen LogP contribution in [0.1, 0.15) is 16.1 Å². The van der Waals surface area contributed by atoms with Crippen LogP contribution in [0.2, 0.25) is 0 Å². The number of amides is 1. The van der Waals surface area contributed by atoms with Gasteiger partial charge >= 0.3 is 5.91 Å². The summed E-state index contributed by atoms with van der Waals surface area (Å²) in [6.45, 7) is 2.01. The van der Waals surface area contributed by atoms with Crippen molar-refractivity contribution < 1.29 is 9.90 Å². The Morgan fingerprint density at radius 2 is 2.04 bits per heavy atom. The summed E-state index contributed by atoms with van der Waals surface area (Å²) in [5.41, 5.74) is 3.28. The van der Waals surface area contributed by atoms with Crippen LogP contribution < -0.4 is 0 Å². The van der Waals surface area contributed by atoms with Crippen molar-refractivity contribution in [2.24, 2.45) is 10.2 Å². The highest BCUT2D eigenvalue weighted by atomic mass is 32.1. The van der Waals surface area contributed by atoms with E-state index in [1.807, 2.05) is 49.4 Å². The van der Waals surface area contributed by atoms with Crippen LogP contribution in [0.5, 0.6) is 5.88 Å². The fourth-order valence-electron chi connectivity index (χ4n) is 2.64. The molecule has 2 aromatic carbocycles. The van der Waals surface area contributed by atoms with Crippen LogP contribution in [0.25, 0.3) is 21.5 Å². The summed E-state index contributed by atoms with van der Waals surface area (Å²) < 4.78 is 0. The summed E-state index contributed by atoms with van der Waals surface area (Å²) >= 11 is 1.38. The van der Waals surface area contributed by atoms with Crippen LogP contribution in [0.15, 0.2) is 64.1 Å². The van der Waals surface area contributed by atoms with Gasteiger partial charge in [0.05, 0.1) is 5.52 Å². The molecule has 0 bridgehead atoms. The molecule has 6 nitrogen and oxygen atoms in total. The number of aryl methyl sites for hydroxylation is 1. The minimum absolute atomic E-state index is 0.124. The molecule has 26 heavy (non-hydrogen) atoms. The van der Waals surface area contributed by atoms with E-state index >= 15 is 0 Å². The Morgan fingerprint density at radius 1 is 1.19 bits per heavy atom. The predicted molar refractivity (Wildman–Crippen MR) is 101 cm³/mol. The van der Waals surface area contributed by atoms with Crippen molar-refractivity contribution in [2.45, 2.75) is 6.92 Å².